The molecule has 1 aromatic rings. The maximum Gasteiger partial charge on any atom is 0.302 e. The predicted molar refractivity (Wildman–Crippen MR) is 97.9 cm³/mol. The van der Waals surface area contributed by atoms with Crippen LogP contribution in [-0.2, 0) is 16.0 Å². The van der Waals surface area contributed by atoms with Crippen molar-refractivity contribution in [2.24, 2.45) is 5.41 Å². The van der Waals surface area contributed by atoms with Crippen LogP contribution in [-0.4, -0.2) is 19.2 Å². The summed E-state index contributed by atoms with van der Waals surface area (Å²) in [6, 6.07) is 4.41. The smallest absolute Gasteiger partial charge is 0.302 e. The van der Waals surface area contributed by atoms with Crippen molar-refractivity contribution in [3.8, 4) is 5.75 Å². The van der Waals surface area contributed by atoms with Crippen molar-refractivity contribution in [2.75, 3.05) is 7.11 Å². The van der Waals surface area contributed by atoms with E-state index in [-0.39, 0.29) is 17.5 Å². The molecule has 3 heteroatoms. The van der Waals surface area contributed by atoms with Crippen LogP contribution < -0.4 is 4.74 Å². The average Bonchev–Trinajstić information content (AvgIpc) is 2.90. The zero-order valence-corrected chi connectivity index (χ0v) is 15.8. The Labute approximate surface area is 150 Å². The van der Waals surface area contributed by atoms with Crippen LogP contribution in [0.15, 0.2) is 23.3 Å². The van der Waals surface area contributed by atoms with Crippen LogP contribution in [0.2, 0.25) is 0 Å². The summed E-state index contributed by atoms with van der Waals surface area (Å²) in [5, 5.41) is 0. The minimum Gasteiger partial charge on any atom is -0.497 e. The number of ether oxygens (including phenoxy) is 2. The molecule has 0 unspecified atom stereocenters. The van der Waals surface area contributed by atoms with E-state index >= 15 is 0 Å². The largest absolute Gasteiger partial charge is 0.497 e. The molecule has 3 aliphatic carbocycles. The molecule has 25 heavy (non-hydrogen) atoms. The summed E-state index contributed by atoms with van der Waals surface area (Å²) in [7, 11) is 1.75. The Hall–Kier alpha value is -1.77. The fraction of sp³-hybridized carbons (Fsp3) is 0.591. The molecule has 0 spiro atoms. The van der Waals surface area contributed by atoms with Gasteiger partial charge in [-0.1, -0.05) is 18.1 Å². The molecule has 0 radical (unpaired) electrons. The molecule has 0 heterocycles. The van der Waals surface area contributed by atoms with Gasteiger partial charge in [0.05, 0.1) is 7.11 Å². The van der Waals surface area contributed by atoms with Gasteiger partial charge in [0.2, 0.25) is 0 Å². The fourth-order valence-electron chi connectivity index (χ4n) is 5.70. The number of carbonyl (C=O) groups excluding carboxylic acids is 1. The highest BCUT2D eigenvalue weighted by Gasteiger charge is 2.50. The number of rotatable bonds is 2. The lowest BCUT2D eigenvalue weighted by Crippen LogP contribution is -2.36. The van der Waals surface area contributed by atoms with Gasteiger partial charge in [0.15, 0.2) is 0 Å². The van der Waals surface area contributed by atoms with Gasteiger partial charge in [-0.25, -0.2) is 0 Å². The molecule has 1 fully saturated rings. The quantitative estimate of drug-likeness (QED) is 0.570. The van der Waals surface area contributed by atoms with E-state index in [2.05, 4.69) is 26.0 Å². The molecule has 0 N–H and O–H groups in total. The number of aryl methyl sites for hydroxylation is 2. The van der Waals surface area contributed by atoms with Crippen molar-refractivity contribution in [2.45, 2.75) is 71.3 Å². The summed E-state index contributed by atoms with van der Waals surface area (Å²) in [5.74, 6) is 1.38. The number of esters is 1. The maximum absolute atomic E-state index is 11.5. The van der Waals surface area contributed by atoms with Crippen molar-refractivity contribution >= 4 is 5.97 Å². The van der Waals surface area contributed by atoms with Crippen LogP contribution in [0.1, 0.15) is 68.6 Å². The Morgan fingerprint density at radius 2 is 2.00 bits per heavy atom. The van der Waals surface area contributed by atoms with Crippen LogP contribution in [0.4, 0.5) is 0 Å². The summed E-state index contributed by atoms with van der Waals surface area (Å²) in [6.07, 6.45) is 6.64. The van der Waals surface area contributed by atoms with Gasteiger partial charge in [0.1, 0.15) is 11.9 Å². The van der Waals surface area contributed by atoms with Crippen LogP contribution in [0.3, 0.4) is 0 Å². The molecule has 134 valence electrons. The molecule has 0 amide bonds. The molecule has 0 saturated heterocycles. The first-order chi connectivity index (χ1) is 11.9. The third kappa shape index (κ3) is 2.51. The second-order valence-corrected chi connectivity index (χ2v) is 8.17. The van der Waals surface area contributed by atoms with E-state index in [0.29, 0.717) is 5.92 Å². The van der Waals surface area contributed by atoms with Crippen molar-refractivity contribution in [1.82, 2.24) is 0 Å². The van der Waals surface area contributed by atoms with Crippen molar-refractivity contribution in [3.63, 3.8) is 0 Å². The predicted octanol–water partition coefficient (Wildman–Crippen LogP) is 4.86. The third-order valence-corrected chi connectivity index (χ3v) is 6.82. The van der Waals surface area contributed by atoms with Gasteiger partial charge in [0.25, 0.3) is 0 Å². The topological polar surface area (TPSA) is 35.5 Å². The minimum atomic E-state index is -0.142. The van der Waals surface area contributed by atoms with Gasteiger partial charge in [-0.2, -0.15) is 0 Å². The average molecular weight is 340 g/mol. The van der Waals surface area contributed by atoms with E-state index in [1.54, 1.807) is 18.3 Å². The number of hydrogen-bond acceptors (Lipinski definition) is 3. The molecule has 3 aliphatic rings. The van der Waals surface area contributed by atoms with Crippen LogP contribution in [0.5, 0.6) is 5.75 Å². The van der Waals surface area contributed by atoms with Gasteiger partial charge in [-0.15, -0.1) is 0 Å². The Morgan fingerprint density at radius 1 is 1.20 bits per heavy atom. The normalized spacial score (nSPS) is 30.4. The first-order valence-electron chi connectivity index (χ1n) is 9.51. The maximum atomic E-state index is 11.5. The van der Waals surface area contributed by atoms with Crippen LogP contribution >= 0.6 is 0 Å². The van der Waals surface area contributed by atoms with E-state index in [0.717, 1.165) is 44.3 Å². The second-order valence-electron chi connectivity index (χ2n) is 8.17. The monoisotopic (exact) mass is 340 g/mol. The fourth-order valence-corrected chi connectivity index (χ4v) is 5.70. The molecule has 3 atom stereocenters. The highest BCUT2D eigenvalue weighted by Crippen LogP contribution is 2.58. The zero-order chi connectivity index (χ0) is 17.8. The Kier molecular flexibility index (Phi) is 3.93. The molecule has 0 bridgehead atoms. The van der Waals surface area contributed by atoms with Gasteiger partial charge < -0.3 is 9.47 Å². The third-order valence-electron chi connectivity index (χ3n) is 6.82. The lowest BCUT2D eigenvalue weighted by molar-refractivity contribution is -0.150. The Bertz CT molecular complexity index is 761. The van der Waals surface area contributed by atoms with Crippen molar-refractivity contribution in [1.29, 1.82) is 0 Å². The number of allylic oxidation sites excluding steroid dienone is 1. The standard InChI is InChI=1S/C22H28O3/c1-13-11-16(24-4)12-15-5-6-17-18(21(13)15)9-10-22(3)19(17)7-8-20(22)25-14(2)23/h11-12,18,20H,5-10H2,1-4H3/t18-,20-,22-/m0/s1. The number of carbonyl (C=O) groups is 1. The van der Waals surface area contributed by atoms with Gasteiger partial charge in [-0.3, -0.25) is 4.79 Å². The SMILES string of the molecule is COc1cc(C)c2c(c1)CCC1=C3CC[C@H](OC(C)=O)[C@@]3(C)CC[C@@H]12. The minimum absolute atomic E-state index is 0.0510. The molecule has 1 aromatic carbocycles. The summed E-state index contributed by atoms with van der Waals surface area (Å²) in [4.78, 5) is 11.5. The van der Waals surface area contributed by atoms with Crippen molar-refractivity contribution in [3.05, 3.63) is 40.0 Å². The number of methoxy groups -OCH3 is 1. The van der Waals surface area contributed by atoms with Crippen LogP contribution in [0, 0.1) is 12.3 Å². The summed E-state index contributed by atoms with van der Waals surface area (Å²) in [5.41, 5.74) is 7.64. The van der Waals surface area contributed by atoms with Gasteiger partial charge in [-0.05, 0) is 74.3 Å². The summed E-state index contributed by atoms with van der Waals surface area (Å²) < 4.78 is 11.2. The lowest BCUT2D eigenvalue weighted by Gasteiger charge is -2.43. The molecular formula is C22H28O3. The first kappa shape index (κ1) is 16.7. The van der Waals surface area contributed by atoms with E-state index in [4.69, 9.17) is 9.47 Å². The molecule has 3 nitrogen and oxygen atoms in total. The van der Waals surface area contributed by atoms with Crippen molar-refractivity contribution < 1.29 is 14.3 Å². The molecule has 4 rings (SSSR count). The molecule has 0 aliphatic heterocycles. The molecule has 0 aromatic heterocycles. The number of hydrogen-bond donors (Lipinski definition) is 0. The summed E-state index contributed by atoms with van der Waals surface area (Å²) >= 11 is 0. The molecular weight excluding hydrogens is 312 g/mol. The van der Waals surface area contributed by atoms with E-state index < -0.39 is 0 Å². The lowest BCUT2D eigenvalue weighted by atomic mass is 9.62. The van der Waals surface area contributed by atoms with Crippen LogP contribution in [0.25, 0.3) is 0 Å². The number of fused-ring (bicyclic) bond motifs is 4. The highest BCUT2D eigenvalue weighted by molar-refractivity contribution is 5.66. The zero-order valence-electron chi connectivity index (χ0n) is 15.8. The van der Waals surface area contributed by atoms with E-state index in [9.17, 15) is 4.79 Å². The Morgan fingerprint density at radius 3 is 2.72 bits per heavy atom. The second kappa shape index (κ2) is 5.89. The van der Waals surface area contributed by atoms with Gasteiger partial charge >= 0.3 is 5.97 Å². The highest BCUT2D eigenvalue weighted by atomic mass is 16.5. The van der Waals surface area contributed by atoms with Gasteiger partial charge in [0, 0.05) is 18.3 Å². The van der Waals surface area contributed by atoms with E-state index in [1.165, 1.54) is 23.6 Å². The first-order valence-corrected chi connectivity index (χ1v) is 9.51. The number of benzene rings is 1. The summed E-state index contributed by atoms with van der Waals surface area (Å²) in [6.45, 7) is 6.08. The molecule has 1 saturated carbocycles. The Balaban J connectivity index is 1.76. The van der Waals surface area contributed by atoms with E-state index in [1.807, 2.05) is 0 Å².